The lowest BCUT2D eigenvalue weighted by molar-refractivity contribution is 0.0234. The van der Waals surface area contributed by atoms with Crippen molar-refractivity contribution < 1.29 is 14.6 Å². The Labute approximate surface area is 163 Å². The number of hydrogen-bond acceptors (Lipinski definition) is 5. The Bertz CT molecular complexity index is 917. The van der Waals surface area contributed by atoms with Crippen molar-refractivity contribution in [1.29, 1.82) is 0 Å². The maximum atomic E-state index is 12.8. The smallest absolute Gasteiger partial charge is 0.251 e. The summed E-state index contributed by atoms with van der Waals surface area (Å²) in [6.07, 6.45) is 6.30. The number of aromatic nitrogens is 3. The fourth-order valence-electron chi connectivity index (χ4n) is 3.48. The zero-order valence-corrected chi connectivity index (χ0v) is 15.5. The summed E-state index contributed by atoms with van der Waals surface area (Å²) < 4.78 is 6.85. The van der Waals surface area contributed by atoms with Gasteiger partial charge in [0.15, 0.2) is 0 Å². The van der Waals surface area contributed by atoms with Gasteiger partial charge in [-0.2, -0.15) is 5.10 Å². The first-order valence-corrected chi connectivity index (χ1v) is 9.23. The van der Waals surface area contributed by atoms with Crippen molar-refractivity contribution in [1.82, 2.24) is 20.1 Å². The summed E-state index contributed by atoms with van der Waals surface area (Å²) in [5.41, 5.74) is 2.36. The molecule has 144 valence electrons. The maximum absolute atomic E-state index is 12.8. The molecule has 28 heavy (non-hydrogen) atoms. The summed E-state index contributed by atoms with van der Waals surface area (Å²) >= 11 is 0. The van der Waals surface area contributed by atoms with Crippen molar-refractivity contribution in [3.05, 3.63) is 72.2 Å². The fraction of sp³-hybridized carbons (Fsp3) is 0.286. The van der Waals surface area contributed by atoms with E-state index in [1.165, 1.54) is 0 Å². The summed E-state index contributed by atoms with van der Waals surface area (Å²) in [5.74, 6) is 0.545. The highest BCUT2D eigenvalue weighted by atomic mass is 16.5. The first kappa shape index (κ1) is 18.2. The predicted molar refractivity (Wildman–Crippen MR) is 103 cm³/mol. The van der Waals surface area contributed by atoms with Crippen LogP contribution >= 0.6 is 0 Å². The van der Waals surface area contributed by atoms with Gasteiger partial charge in [0.25, 0.3) is 5.91 Å². The largest absolute Gasteiger partial charge is 0.481 e. The molecule has 1 unspecified atom stereocenters. The Morgan fingerprint density at radius 3 is 2.61 bits per heavy atom. The average molecular weight is 378 g/mol. The van der Waals surface area contributed by atoms with E-state index < -0.39 is 0 Å². The molecule has 0 aliphatic heterocycles. The van der Waals surface area contributed by atoms with Gasteiger partial charge in [0.05, 0.1) is 24.9 Å². The van der Waals surface area contributed by atoms with Gasteiger partial charge < -0.3 is 15.2 Å². The summed E-state index contributed by atoms with van der Waals surface area (Å²) in [7, 11) is 1.57. The Hall–Kier alpha value is -3.19. The van der Waals surface area contributed by atoms with E-state index in [9.17, 15) is 9.90 Å². The highest BCUT2D eigenvalue weighted by Crippen LogP contribution is 2.38. The van der Waals surface area contributed by atoms with E-state index in [2.05, 4.69) is 15.4 Å². The van der Waals surface area contributed by atoms with Gasteiger partial charge in [0.2, 0.25) is 5.88 Å². The molecular weight excluding hydrogens is 356 g/mol. The topological polar surface area (TPSA) is 89.3 Å². The highest BCUT2D eigenvalue weighted by Gasteiger charge is 2.36. The fourth-order valence-corrected chi connectivity index (χ4v) is 3.48. The molecule has 1 saturated carbocycles. The molecule has 7 nitrogen and oxygen atoms in total. The van der Waals surface area contributed by atoms with Gasteiger partial charge in [-0.25, -0.2) is 9.67 Å². The third-order valence-electron chi connectivity index (χ3n) is 5.13. The molecule has 0 saturated heterocycles. The Morgan fingerprint density at radius 1 is 1.25 bits per heavy atom. The van der Waals surface area contributed by atoms with E-state index in [-0.39, 0.29) is 24.0 Å². The van der Waals surface area contributed by atoms with Crippen molar-refractivity contribution in [2.24, 2.45) is 5.92 Å². The minimum atomic E-state index is -0.302. The van der Waals surface area contributed by atoms with Crippen LogP contribution in [0.15, 0.2) is 61.1 Å². The third kappa shape index (κ3) is 3.75. The van der Waals surface area contributed by atoms with Crippen LogP contribution < -0.4 is 10.1 Å². The van der Waals surface area contributed by atoms with Gasteiger partial charge >= 0.3 is 0 Å². The lowest BCUT2D eigenvalue weighted by Crippen LogP contribution is -2.41. The number of benzene rings is 1. The van der Waals surface area contributed by atoms with E-state index in [1.54, 1.807) is 42.4 Å². The van der Waals surface area contributed by atoms with Crippen LogP contribution in [0.5, 0.6) is 5.88 Å². The number of aliphatic hydroxyl groups excluding tert-OH is 1. The number of ether oxygens (including phenoxy) is 1. The number of aliphatic hydroxyl groups is 1. The Balaban J connectivity index is 1.51. The van der Waals surface area contributed by atoms with Gasteiger partial charge in [0.1, 0.15) is 0 Å². The number of hydrogen-bond donors (Lipinski definition) is 2. The van der Waals surface area contributed by atoms with Crippen LogP contribution in [-0.2, 0) is 0 Å². The molecule has 0 spiro atoms. The molecule has 2 heterocycles. The molecule has 1 aliphatic rings. The first-order valence-electron chi connectivity index (χ1n) is 9.23. The lowest BCUT2D eigenvalue weighted by atomic mass is 9.75. The molecule has 3 aromatic rings. The number of rotatable bonds is 6. The Morgan fingerprint density at radius 2 is 2.04 bits per heavy atom. The van der Waals surface area contributed by atoms with Crippen LogP contribution in [0, 0.1) is 5.92 Å². The molecule has 7 heteroatoms. The first-order chi connectivity index (χ1) is 13.6. The molecule has 1 atom stereocenters. The van der Waals surface area contributed by atoms with E-state index in [1.807, 2.05) is 30.5 Å². The molecule has 4 rings (SSSR count). The molecule has 1 amide bonds. The standard InChI is InChI=1S/C21H22N4O3/c1-28-19-8-5-15(13-22-19)20(16-11-18(26)12-16)24-21(27)14-3-6-17(7-4-14)25-10-2-9-23-25/h2-10,13,16,18,20,26H,11-12H2,1H3,(H,24,27). The number of pyridine rings is 1. The molecular formula is C21H22N4O3. The van der Waals surface area contributed by atoms with Crippen LogP contribution in [0.4, 0.5) is 0 Å². The summed E-state index contributed by atoms with van der Waals surface area (Å²) in [4.78, 5) is 17.1. The second-order valence-electron chi connectivity index (χ2n) is 6.97. The zero-order valence-electron chi connectivity index (χ0n) is 15.5. The normalized spacial score (nSPS) is 19.5. The number of nitrogens with one attached hydrogen (secondary N) is 1. The molecule has 0 radical (unpaired) electrons. The number of amides is 1. The quantitative estimate of drug-likeness (QED) is 0.688. The number of methoxy groups -OCH3 is 1. The highest BCUT2D eigenvalue weighted by molar-refractivity contribution is 5.94. The van der Waals surface area contributed by atoms with Crippen LogP contribution in [0.2, 0.25) is 0 Å². The van der Waals surface area contributed by atoms with E-state index >= 15 is 0 Å². The van der Waals surface area contributed by atoms with Gasteiger partial charge in [-0.15, -0.1) is 0 Å². The van der Waals surface area contributed by atoms with Gasteiger partial charge in [-0.1, -0.05) is 6.07 Å². The summed E-state index contributed by atoms with van der Waals surface area (Å²) in [6.45, 7) is 0. The molecule has 1 fully saturated rings. The van der Waals surface area contributed by atoms with Crippen molar-refractivity contribution in [3.63, 3.8) is 0 Å². The third-order valence-corrected chi connectivity index (χ3v) is 5.13. The van der Waals surface area contributed by atoms with Gasteiger partial charge in [-0.3, -0.25) is 4.79 Å². The molecule has 1 aliphatic carbocycles. The Kier molecular flexibility index (Phi) is 5.08. The van der Waals surface area contributed by atoms with Crippen molar-refractivity contribution in [3.8, 4) is 11.6 Å². The zero-order chi connectivity index (χ0) is 19.5. The van der Waals surface area contributed by atoms with Crippen molar-refractivity contribution in [2.45, 2.75) is 25.0 Å². The van der Waals surface area contributed by atoms with Gasteiger partial charge in [-0.05, 0) is 54.7 Å². The lowest BCUT2D eigenvalue weighted by Gasteiger charge is -2.38. The summed E-state index contributed by atoms with van der Waals surface area (Å²) in [6, 6.07) is 12.6. The minimum absolute atomic E-state index is 0.158. The number of nitrogens with zero attached hydrogens (tertiary/aromatic N) is 3. The van der Waals surface area contributed by atoms with Crippen LogP contribution in [0.3, 0.4) is 0 Å². The minimum Gasteiger partial charge on any atom is -0.481 e. The van der Waals surface area contributed by atoms with Crippen LogP contribution in [0.25, 0.3) is 5.69 Å². The maximum Gasteiger partial charge on any atom is 0.251 e. The molecule has 2 aromatic heterocycles. The number of carbonyl (C=O) groups is 1. The average Bonchev–Trinajstić information content (AvgIpc) is 3.25. The van der Waals surface area contributed by atoms with Crippen LogP contribution in [-0.4, -0.2) is 39.0 Å². The molecule has 0 bridgehead atoms. The van der Waals surface area contributed by atoms with E-state index in [4.69, 9.17) is 4.74 Å². The van der Waals surface area contributed by atoms with Crippen molar-refractivity contribution >= 4 is 5.91 Å². The monoisotopic (exact) mass is 378 g/mol. The molecule has 2 N–H and O–H groups in total. The van der Waals surface area contributed by atoms with E-state index in [0.29, 0.717) is 24.3 Å². The second kappa shape index (κ2) is 7.82. The molecule has 1 aromatic carbocycles. The van der Waals surface area contributed by atoms with Crippen LogP contribution in [0.1, 0.15) is 34.8 Å². The SMILES string of the molecule is COc1ccc(C(NC(=O)c2ccc(-n3cccn3)cc2)C2CC(O)C2)cn1. The second-order valence-corrected chi connectivity index (χ2v) is 6.97. The van der Waals surface area contributed by atoms with E-state index in [0.717, 1.165) is 11.3 Å². The predicted octanol–water partition coefficient (Wildman–Crippen LogP) is 2.52. The van der Waals surface area contributed by atoms with Crippen molar-refractivity contribution in [2.75, 3.05) is 7.11 Å². The number of carbonyl (C=O) groups excluding carboxylic acids is 1. The summed E-state index contributed by atoms with van der Waals surface area (Å²) in [5, 5.41) is 17.0. The van der Waals surface area contributed by atoms with Gasteiger partial charge in [0, 0.05) is 30.2 Å².